The van der Waals surface area contributed by atoms with Gasteiger partial charge in [-0.1, -0.05) is 109 Å². The van der Waals surface area contributed by atoms with E-state index < -0.39 is 0 Å². The third-order valence-electron chi connectivity index (χ3n) is 9.43. The summed E-state index contributed by atoms with van der Waals surface area (Å²) in [6.45, 7) is 0. The minimum atomic E-state index is 0.878. The monoisotopic (exact) mass is 601 g/mol. The fourth-order valence-corrected chi connectivity index (χ4v) is 7.27. The van der Waals surface area contributed by atoms with E-state index in [0.29, 0.717) is 0 Å². The zero-order valence-electron chi connectivity index (χ0n) is 25.4. The molecule has 0 aliphatic rings. The topological polar surface area (TPSA) is 31.2 Å². The van der Waals surface area contributed by atoms with Crippen LogP contribution in [-0.2, 0) is 0 Å². The van der Waals surface area contributed by atoms with E-state index in [-0.39, 0.29) is 0 Å². The zero-order chi connectivity index (χ0) is 30.9. The highest BCUT2D eigenvalue weighted by molar-refractivity contribution is 6.19. The SMILES string of the molecule is c1ccc(-c2ccc3c(c2)oc2cc(-c4ccccc4-c4cccc5c4oc4c6ccccc6n(-c6ccccc6)c54)ccc23)cc1. The number of furan rings is 2. The van der Waals surface area contributed by atoms with Gasteiger partial charge in [0.15, 0.2) is 5.58 Å². The maximum absolute atomic E-state index is 6.86. The first-order valence-corrected chi connectivity index (χ1v) is 15.9. The normalized spacial score (nSPS) is 11.8. The molecule has 3 aromatic heterocycles. The van der Waals surface area contributed by atoms with Gasteiger partial charge in [-0.25, -0.2) is 0 Å². The van der Waals surface area contributed by atoms with Crippen molar-refractivity contribution >= 4 is 54.9 Å². The lowest BCUT2D eigenvalue weighted by atomic mass is 9.93. The maximum Gasteiger partial charge on any atom is 0.161 e. The third kappa shape index (κ3) is 3.93. The van der Waals surface area contributed by atoms with Gasteiger partial charge in [-0.15, -0.1) is 0 Å². The quantitative estimate of drug-likeness (QED) is 0.201. The van der Waals surface area contributed by atoms with Gasteiger partial charge in [0, 0.05) is 32.8 Å². The molecular weight excluding hydrogens is 574 g/mol. The molecule has 0 bridgehead atoms. The minimum Gasteiger partial charge on any atom is -0.456 e. The second kappa shape index (κ2) is 10.1. The molecule has 7 aromatic carbocycles. The third-order valence-corrected chi connectivity index (χ3v) is 9.43. The van der Waals surface area contributed by atoms with Crippen LogP contribution in [0.2, 0.25) is 0 Å². The molecule has 0 spiro atoms. The van der Waals surface area contributed by atoms with Gasteiger partial charge < -0.3 is 13.4 Å². The minimum absolute atomic E-state index is 0.878. The molecular formula is C44H27NO2. The highest BCUT2D eigenvalue weighted by atomic mass is 16.3. The Bertz CT molecular complexity index is 2780. The smallest absolute Gasteiger partial charge is 0.161 e. The Balaban J connectivity index is 1.15. The summed E-state index contributed by atoms with van der Waals surface area (Å²) < 4.78 is 15.7. The molecule has 0 atom stereocenters. The van der Waals surface area contributed by atoms with Crippen LogP contribution >= 0.6 is 0 Å². The number of aromatic nitrogens is 1. The van der Waals surface area contributed by atoms with Crippen LogP contribution in [0.3, 0.4) is 0 Å². The summed E-state index contributed by atoms with van der Waals surface area (Å²) in [6.07, 6.45) is 0. The van der Waals surface area contributed by atoms with E-state index in [1.165, 1.54) is 5.56 Å². The summed E-state index contributed by atoms with van der Waals surface area (Å²) >= 11 is 0. The second-order valence-corrected chi connectivity index (χ2v) is 12.1. The summed E-state index contributed by atoms with van der Waals surface area (Å²) in [5.74, 6) is 0. The van der Waals surface area contributed by atoms with E-state index in [1.807, 2.05) is 6.07 Å². The van der Waals surface area contributed by atoms with Crippen molar-refractivity contribution in [2.24, 2.45) is 0 Å². The van der Waals surface area contributed by atoms with Crippen molar-refractivity contribution in [3.05, 3.63) is 164 Å². The number of hydrogen-bond donors (Lipinski definition) is 0. The summed E-state index contributed by atoms with van der Waals surface area (Å²) in [5, 5.41) is 4.43. The highest BCUT2D eigenvalue weighted by Crippen LogP contribution is 2.44. The Hall–Kier alpha value is -6.32. The van der Waals surface area contributed by atoms with Crippen molar-refractivity contribution in [1.82, 2.24) is 4.57 Å². The predicted molar refractivity (Wildman–Crippen MR) is 194 cm³/mol. The molecule has 47 heavy (non-hydrogen) atoms. The van der Waals surface area contributed by atoms with E-state index in [9.17, 15) is 0 Å². The second-order valence-electron chi connectivity index (χ2n) is 12.1. The van der Waals surface area contributed by atoms with E-state index in [4.69, 9.17) is 8.83 Å². The standard InChI is InChI=1S/C44H27NO2/c1-3-12-28(13-4-1)29-22-24-34-35-25-23-30(27-41(35)46-40(34)26-29)32-16-7-8-17-33(32)36-19-11-20-38-42-44(47-43(36)38)37-18-9-10-21-39(37)45(42)31-14-5-2-6-15-31/h1-27H. The maximum atomic E-state index is 6.86. The van der Waals surface area contributed by atoms with Crippen LogP contribution in [-0.4, -0.2) is 4.57 Å². The summed E-state index contributed by atoms with van der Waals surface area (Å²) in [6, 6.07) is 57.6. The average molecular weight is 602 g/mol. The van der Waals surface area contributed by atoms with Crippen LogP contribution in [0, 0.1) is 0 Å². The lowest BCUT2D eigenvalue weighted by molar-refractivity contribution is 0.669. The number of nitrogens with zero attached hydrogens (tertiary/aromatic N) is 1. The molecule has 0 aliphatic carbocycles. The van der Waals surface area contributed by atoms with Gasteiger partial charge in [0.05, 0.1) is 5.52 Å². The molecule has 0 unspecified atom stereocenters. The van der Waals surface area contributed by atoms with Crippen LogP contribution < -0.4 is 0 Å². The first-order valence-electron chi connectivity index (χ1n) is 15.9. The largest absolute Gasteiger partial charge is 0.456 e. The van der Waals surface area contributed by atoms with E-state index in [1.54, 1.807) is 0 Å². The Labute approximate surface area is 270 Å². The molecule has 0 aliphatic heterocycles. The summed E-state index contributed by atoms with van der Waals surface area (Å²) in [5.41, 5.74) is 13.6. The molecule has 10 rings (SSSR count). The molecule has 0 saturated carbocycles. The van der Waals surface area contributed by atoms with Crippen molar-refractivity contribution in [1.29, 1.82) is 0 Å². The Morgan fingerprint density at radius 1 is 0.362 bits per heavy atom. The van der Waals surface area contributed by atoms with E-state index >= 15 is 0 Å². The molecule has 10 aromatic rings. The number of fused-ring (bicyclic) bond motifs is 8. The highest BCUT2D eigenvalue weighted by Gasteiger charge is 2.22. The summed E-state index contributed by atoms with van der Waals surface area (Å²) in [4.78, 5) is 0. The van der Waals surface area contributed by atoms with Crippen molar-refractivity contribution in [2.45, 2.75) is 0 Å². The molecule has 0 N–H and O–H groups in total. The van der Waals surface area contributed by atoms with Gasteiger partial charge in [-0.05, 0) is 82.4 Å². The van der Waals surface area contributed by atoms with Crippen LogP contribution in [0.5, 0.6) is 0 Å². The van der Waals surface area contributed by atoms with Crippen LogP contribution in [0.25, 0.3) is 94.0 Å². The molecule has 3 heteroatoms. The molecule has 0 saturated heterocycles. The lowest BCUT2D eigenvalue weighted by Crippen LogP contribution is -1.93. The van der Waals surface area contributed by atoms with Crippen LogP contribution in [0.4, 0.5) is 0 Å². The fourth-order valence-electron chi connectivity index (χ4n) is 7.27. The van der Waals surface area contributed by atoms with Crippen molar-refractivity contribution in [2.75, 3.05) is 0 Å². The Morgan fingerprint density at radius 3 is 1.79 bits per heavy atom. The van der Waals surface area contributed by atoms with Crippen molar-refractivity contribution in [3.8, 4) is 39.1 Å². The van der Waals surface area contributed by atoms with Crippen LogP contribution in [0.15, 0.2) is 173 Å². The lowest BCUT2D eigenvalue weighted by Gasteiger charge is -2.11. The molecule has 3 nitrogen and oxygen atoms in total. The first-order chi connectivity index (χ1) is 23.3. The van der Waals surface area contributed by atoms with Gasteiger partial charge in [0.1, 0.15) is 22.3 Å². The zero-order valence-corrected chi connectivity index (χ0v) is 25.4. The fraction of sp³-hybridized carbons (Fsp3) is 0. The van der Waals surface area contributed by atoms with Gasteiger partial charge in [0.2, 0.25) is 0 Å². The Morgan fingerprint density at radius 2 is 0.979 bits per heavy atom. The number of hydrogen-bond acceptors (Lipinski definition) is 2. The van der Waals surface area contributed by atoms with Crippen molar-refractivity contribution in [3.63, 3.8) is 0 Å². The van der Waals surface area contributed by atoms with Gasteiger partial charge in [0.25, 0.3) is 0 Å². The molecule has 0 amide bonds. The molecule has 0 radical (unpaired) electrons. The van der Waals surface area contributed by atoms with E-state index in [0.717, 1.165) is 88.4 Å². The summed E-state index contributed by atoms with van der Waals surface area (Å²) in [7, 11) is 0. The number of rotatable bonds is 4. The Kier molecular flexibility index (Phi) is 5.57. The van der Waals surface area contributed by atoms with Crippen LogP contribution in [0.1, 0.15) is 0 Å². The molecule has 220 valence electrons. The predicted octanol–water partition coefficient (Wildman–Crippen LogP) is 12.4. The van der Waals surface area contributed by atoms with E-state index in [2.05, 4.69) is 162 Å². The molecule has 0 fully saturated rings. The van der Waals surface area contributed by atoms with Gasteiger partial charge >= 0.3 is 0 Å². The van der Waals surface area contributed by atoms with Gasteiger partial charge in [-0.3, -0.25) is 0 Å². The average Bonchev–Trinajstić information content (AvgIpc) is 3.80. The van der Waals surface area contributed by atoms with Crippen molar-refractivity contribution < 1.29 is 8.83 Å². The number of benzene rings is 7. The molecule has 3 heterocycles. The number of para-hydroxylation sites is 3. The van der Waals surface area contributed by atoms with Gasteiger partial charge in [-0.2, -0.15) is 0 Å². The first kappa shape index (κ1) is 26.0.